The molecule has 3 rings (SSSR count). The third kappa shape index (κ3) is 4.54. The zero-order valence-electron chi connectivity index (χ0n) is 13.5. The maximum atomic E-state index is 12.2. The molecule has 24 heavy (non-hydrogen) atoms. The molecule has 1 aliphatic rings. The average Bonchev–Trinajstić information content (AvgIpc) is 2.87. The predicted octanol–water partition coefficient (Wildman–Crippen LogP) is 3.80. The van der Waals surface area contributed by atoms with E-state index in [0.29, 0.717) is 12.2 Å². The minimum Gasteiger partial charge on any atom is -0.355 e. The van der Waals surface area contributed by atoms with Crippen LogP contribution in [0.15, 0.2) is 40.9 Å². The van der Waals surface area contributed by atoms with Crippen LogP contribution in [0.3, 0.4) is 0 Å². The Morgan fingerprint density at radius 2 is 1.79 bits per heavy atom. The number of benzene rings is 1. The standard InChI is InChI=1S/C18H21BrN4O/c19-15-8-4-3-7-14(15)13-18(24)20-16-9-10-17(22-21-16)23-11-5-1-2-6-12-23/h3-4,7-10H,1-2,5-6,11-13H2,(H,20,21,24). The number of anilines is 2. The van der Waals surface area contributed by atoms with Crippen molar-refractivity contribution in [3.8, 4) is 0 Å². The van der Waals surface area contributed by atoms with Crippen molar-refractivity contribution in [1.82, 2.24) is 10.2 Å². The average molecular weight is 389 g/mol. The van der Waals surface area contributed by atoms with Gasteiger partial charge in [0.15, 0.2) is 11.6 Å². The smallest absolute Gasteiger partial charge is 0.230 e. The van der Waals surface area contributed by atoms with Crippen molar-refractivity contribution in [2.75, 3.05) is 23.3 Å². The van der Waals surface area contributed by atoms with Crippen molar-refractivity contribution in [3.63, 3.8) is 0 Å². The van der Waals surface area contributed by atoms with Crippen LogP contribution in [0.2, 0.25) is 0 Å². The topological polar surface area (TPSA) is 58.1 Å². The first-order valence-corrected chi connectivity index (χ1v) is 9.13. The Hall–Kier alpha value is -1.95. The molecule has 5 nitrogen and oxygen atoms in total. The molecule has 0 aliphatic carbocycles. The van der Waals surface area contributed by atoms with E-state index in [4.69, 9.17) is 0 Å². The molecule has 0 saturated carbocycles. The number of hydrogen-bond acceptors (Lipinski definition) is 4. The summed E-state index contributed by atoms with van der Waals surface area (Å²) in [5.41, 5.74) is 0.948. The van der Waals surface area contributed by atoms with Gasteiger partial charge >= 0.3 is 0 Å². The molecule has 1 aromatic heterocycles. The van der Waals surface area contributed by atoms with Crippen LogP contribution in [-0.2, 0) is 11.2 Å². The normalized spacial score (nSPS) is 15.0. The highest BCUT2D eigenvalue weighted by Crippen LogP contribution is 2.19. The Morgan fingerprint density at radius 3 is 2.46 bits per heavy atom. The van der Waals surface area contributed by atoms with Gasteiger partial charge in [0.05, 0.1) is 6.42 Å². The fourth-order valence-electron chi connectivity index (χ4n) is 2.86. The summed E-state index contributed by atoms with van der Waals surface area (Å²) in [6.45, 7) is 2.06. The Kier molecular flexibility index (Phi) is 5.80. The molecular formula is C18H21BrN4O. The maximum absolute atomic E-state index is 12.2. The molecule has 1 N–H and O–H groups in total. The van der Waals surface area contributed by atoms with Crippen molar-refractivity contribution in [1.29, 1.82) is 0 Å². The second-order valence-corrected chi connectivity index (χ2v) is 6.85. The summed E-state index contributed by atoms with van der Waals surface area (Å²) in [6.07, 6.45) is 5.27. The van der Waals surface area contributed by atoms with Gasteiger partial charge in [-0.25, -0.2) is 0 Å². The minimum absolute atomic E-state index is 0.0984. The van der Waals surface area contributed by atoms with Gasteiger partial charge in [0.2, 0.25) is 5.91 Å². The molecule has 6 heteroatoms. The van der Waals surface area contributed by atoms with Gasteiger partial charge in [0.25, 0.3) is 0 Å². The van der Waals surface area contributed by atoms with Crippen molar-refractivity contribution in [3.05, 3.63) is 46.4 Å². The summed E-state index contributed by atoms with van der Waals surface area (Å²) in [5, 5.41) is 11.2. The van der Waals surface area contributed by atoms with Crippen LogP contribution in [0, 0.1) is 0 Å². The number of halogens is 1. The van der Waals surface area contributed by atoms with Crippen LogP contribution in [0.25, 0.3) is 0 Å². The van der Waals surface area contributed by atoms with E-state index in [-0.39, 0.29) is 5.91 Å². The molecule has 0 atom stereocenters. The molecule has 1 aromatic carbocycles. The Labute approximate surface area is 150 Å². The molecule has 1 saturated heterocycles. The second kappa shape index (κ2) is 8.24. The maximum Gasteiger partial charge on any atom is 0.230 e. The number of nitrogens with zero attached hydrogens (tertiary/aromatic N) is 3. The van der Waals surface area contributed by atoms with E-state index >= 15 is 0 Å². The van der Waals surface area contributed by atoms with Gasteiger partial charge in [-0.3, -0.25) is 4.79 Å². The van der Waals surface area contributed by atoms with Gasteiger partial charge in [-0.05, 0) is 36.6 Å². The molecule has 0 spiro atoms. The number of carbonyl (C=O) groups excluding carboxylic acids is 1. The van der Waals surface area contributed by atoms with Gasteiger partial charge < -0.3 is 10.2 Å². The quantitative estimate of drug-likeness (QED) is 0.864. The van der Waals surface area contributed by atoms with Gasteiger partial charge in [0, 0.05) is 17.6 Å². The van der Waals surface area contributed by atoms with Crippen LogP contribution < -0.4 is 10.2 Å². The molecule has 1 aliphatic heterocycles. The monoisotopic (exact) mass is 388 g/mol. The zero-order valence-corrected chi connectivity index (χ0v) is 15.1. The highest BCUT2D eigenvalue weighted by molar-refractivity contribution is 9.10. The van der Waals surface area contributed by atoms with E-state index in [2.05, 4.69) is 36.3 Å². The van der Waals surface area contributed by atoms with Crippen LogP contribution in [0.4, 0.5) is 11.6 Å². The summed E-state index contributed by atoms with van der Waals surface area (Å²) in [7, 11) is 0. The number of aromatic nitrogens is 2. The van der Waals surface area contributed by atoms with Crippen molar-refractivity contribution in [2.45, 2.75) is 32.1 Å². The first kappa shape index (κ1) is 16.9. The Balaban J connectivity index is 1.59. The van der Waals surface area contributed by atoms with Crippen LogP contribution in [0.5, 0.6) is 0 Å². The Bertz CT molecular complexity index is 682. The summed E-state index contributed by atoms with van der Waals surface area (Å²) < 4.78 is 0.933. The highest BCUT2D eigenvalue weighted by atomic mass is 79.9. The van der Waals surface area contributed by atoms with E-state index in [1.54, 1.807) is 0 Å². The summed E-state index contributed by atoms with van der Waals surface area (Å²) >= 11 is 3.46. The summed E-state index contributed by atoms with van der Waals surface area (Å²) in [4.78, 5) is 14.4. The lowest BCUT2D eigenvalue weighted by molar-refractivity contribution is -0.115. The van der Waals surface area contributed by atoms with Gasteiger partial charge in [-0.1, -0.05) is 47.0 Å². The summed E-state index contributed by atoms with van der Waals surface area (Å²) in [6, 6.07) is 11.5. The molecule has 1 fully saturated rings. The molecule has 0 bridgehead atoms. The van der Waals surface area contributed by atoms with Crippen LogP contribution in [0.1, 0.15) is 31.2 Å². The molecule has 0 radical (unpaired) electrons. The number of rotatable bonds is 4. The van der Waals surface area contributed by atoms with Crippen LogP contribution in [-0.4, -0.2) is 29.2 Å². The third-order valence-corrected chi connectivity index (χ3v) is 4.93. The van der Waals surface area contributed by atoms with E-state index in [1.807, 2.05) is 36.4 Å². The van der Waals surface area contributed by atoms with Crippen molar-refractivity contribution >= 4 is 33.5 Å². The lowest BCUT2D eigenvalue weighted by Crippen LogP contribution is -2.25. The number of carbonyl (C=O) groups is 1. The van der Waals surface area contributed by atoms with E-state index in [0.717, 1.165) is 28.9 Å². The molecule has 126 valence electrons. The SMILES string of the molecule is O=C(Cc1ccccc1Br)Nc1ccc(N2CCCCCC2)nn1. The van der Waals surface area contributed by atoms with Crippen molar-refractivity contribution < 1.29 is 4.79 Å². The van der Waals surface area contributed by atoms with E-state index < -0.39 is 0 Å². The molecular weight excluding hydrogens is 368 g/mol. The van der Waals surface area contributed by atoms with Gasteiger partial charge in [-0.2, -0.15) is 0 Å². The number of hydrogen-bond donors (Lipinski definition) is 1. The Morgan fingerprint density at radius 1 is 1.04 bits per heavy atom. The first-order valence-electron chi connectivity index (χ1n) is 8.34. The molecule has 2 heterocycles. The fraction of sp³-hybridized carbons (Fsp3) is 0.389. The minimum atomic E-state index is -0.0984. The van der Waals surface area contributed by atoms with Crippen LogP contribution >= 0.6 is 15.9 Å². The third-order valence-electron chi connectivity index (χ3n) is 4.16. The molecule has 2 aromatic rings. The van der Waals surface area contributed by atoms with Gasteiger partial charge in [-0.15, -0.1) is 10.2 Å². The molecule has 0 unspecified atom stereocenters. The zero-order chi connectivity index (χ0) is 16.8. The summed E-state index contributed by atoms with van der Waals surface area (Å²) in [5.74, 6) is 1.28. The second-order valence-electron chi connectivity index (χ2n) is 5.99. The predicted molar refractivity (Wildman–Crippen MR) is 99.2 cm³/mol. The lowest BCUT2D eigenvalue weighted by Gasteiger charge is -2.20. The van der Waals surface area contributed by atoms with E-state index in [9.17, 15) is 4.79 Å². The number of amides is 1. The number of nitrogens with one attached hydrogen (secondary N) is 1. The van der Waals surface area contributed by atoms with Crippen molar-refractivity contribution in [2.24, 2.45) is 0 Å². The highest BCUT2D eigenvalue weighted by Gasteiger charge is 2.12. The van der Waals surface area contributed by atoms with E-state index in [1.165, 1.54) is 25.7 Å². The molecule has 1 amide bonds. The lowest BCUT2D eigenvalue weighted by atomic mass is 10.1. The first-order chi connectivity index (χ1) is 11.7. The fourth-order valence-corrected chi connectivity index (χ4v) is 3.29. The van der Waals surface area contributed by atoms with Gasteiger partial charge in [0.1, 0.15) is 0 Å². The largest absolute Gasteiger partial charge is 0.355 e.